The van der Waals surface area contributed by atoms with Gasteiger partial charge in [0.2, 0.25) is 0 Å². The second-order valence-electron chi connectivity index (χ2n) is 4.51. The molecule has 12 heavy (non-hydrogen) atoms. The quantitative estimate of drug-likeness (QED) is 0.616. The molecule has 0 saturated heterocycles. The molecule has 0 spiro atoms. The minimum absolute atomic E-state index is 0.436. The molecule has 2 atom stereocenters. The van der Waals surface area contributed by atoms with Crippen LogP contribution in [-0.2, 0) is 4.79 Å². The highest BCUT2D eigenvalue weighted by Gasteiger charge is 2.45. The molecular formula is C11H18O. The van der Waals surface area contributed by atoms with Crippen LogP contribution in [-0.4, -0.2) is 5.78 Å². The summed E-state index contributed by atoms with van der Waals surface area (Å²) in [7, 11) is 0. The third kappa shape index (κ3) is 1.55. The van der Waals surface area contributed by atoms with E-state index in [-0.39, 0.29) is 0 Å². The molecule has 68 valence electrons. The van der Waals surface area contributed by atoms with Crippen LogP contribution in [0.25, 0.3) is 0 Å². The number of carbonyl (C=O) groups is 1. The minimum atomic E-state index is 0.436. The monoisotopic (exact) mass is 166 g/mol. The highest BCUT2D eigenvalue weighted by atomic mass is 16.1. The molecule has 0 aromatic carbocycles. The first-order valence-corrected chi connectivity index (χ1v) is 5.29. The van der Waals surface area contributed by atoms with E-state index in [4.69, 9.17) is 0 Å². The van der Waals surface area contributed by atoms with E-state index in [2.05, 4.69) is 0 Å². The van der Waals surface area contributed by atoms with Crippen molar-refractivity contribution in [2.75, 3.05) is 0 Å². The van der Waals surface area contributed by atoms with Gasteiger partial charge in [0.05, 0.1) is 0 Å². The van der Waals surface area contributed by atoms with Gasteiger partial charge in [-0.3, -0.25) is 4.79 Å². The second kappa shape index (κ2) is 3.20. The summed E-state index contributed by atoms with van der Waals surface area (Å²) in [6, 6.07) is 0. The Morgan fingerprint density at radius 1 is 1.17 bits per heavy atom. The standard InChI is InChI=1S/C11H18O/c1-8(12)10-7-11(10)9-5-3-2-4-6-9/h9-11H,2-7H2,1H3. The van der Waals surface area contributed by atoms with Crippen molar-refractivity contribution in [1.29, 1.82) is 0 Å². The molecule has 0 heterocycles. The van der Waals surface area contributed by atoms with Crippen LogP contribution >= 0.6 is 0 Å². The van der Waals surface area contributed by atoms with Gasteiger partial charge < -0.3 is 0 Å². The van der Waals surface area contributed by atoms with Gasteiger partial charge in [0.15, 0.2) is 0 Å². The van der Waals surface area contributed by atoms with E-state index >= 15 is 0 Å². The van der Waals surface area contributed by atoms with Crippen molar-refractivity contribution in [3.63, 3.8) is 0 Å². The normalized spacial score (nSPS) is 36.4. The van der Waals surface area contributed by atoms with Crippen LogP contribution in [0.4, 0.5) is 0 Å². The molecule has 2 fully saturated rings. The molecule has 0 aliphatic heterocycles. The Morgan fingerprint density at radius 2 is 1.83 bits per heavy atom. The van der Waals surface area contributed by atoms with E-state index in [1.165, 1.54) is 38.5 Å². The Kier molecular flexibility index (Phi) is 2.20. The molecule has 0 N–H and O–H groups in total. The maximum Gasteiger partial charge on any atom is 0.133 e. The smallest absolute Gasteiger partial charge is 0.133 e. The molecule has 0 amide bonds. The van der Waals surface area contributed by atoms with Gasteiger partial charge in [-0.2, -0.15) is 0 Å². The van der Waals surface area contributed by atoms with Crippen LogP contribution in [0.3, 0.4) is 0 Å². The summed E-state index contributed by atoms with van der Waals surface area (Å²) in [5.41, 5.74) is 0. The predicted molar refractivity (Wildman–Crippen MR) is 48.9 cm³/mol. The molecule has 2 aliphatic carbocycles. The van der Waals surface area contributed by atoms with Crippen molar-refractivity contribution >= 4 is 5.78 Å². The maximum absolute atomic E-state index is 11.1. The first-order valence-electron chi connectivity index (χ1n) is 5.29. The molecule has 2 rings (SSSR count). The molecule has 2 saturated carbocycles. The van der Waals surface area contributed by atoms with Crippen LogP contribution in [0.2, 0.25) is 0 Å². The van der Waals surface area contributed by atoms with Gasteiger partial charge in [0.25, 0.3) is 0 Å². The molecule has 0 radical (unpaired) electrons. The summed E-state index contributed by atoms with van der Waals surface area (Å²) in [5.74, 6) is 2.61. The van der Waals surface area contributed by atoms with Crippen LogP contribution in [0.15, 0.2) is 0 Å². The van der Waals surface area contributed by atoms with E-state index in [9.17, 15) is 4.79 Å². The molecule has 2 unspecified atom stereocenters. The van der Waals surface area contributed by atoms with Crippen LogP contribution in [0.1, 0.15) is 45.4 Å². The molecule has 1 nitrogen and oxygen atoms in total. The summed E-state index contributed by atoms with van der Waals surface area (Å²) in [5, 5.41) is 0. The van der Waals surface area contributed by atoms with E-state index in [0.29, 0.717) is 11.7 Å². The van der Waals surface area contributed by atoms with Crippen molar-refractivity contribution in [2.45, 2.75) is 45.4 Å². The second-order valence-corrected chi connectivity index (χ2v) is 4.51. The van der Waals surface area contributed by atoms with E-state index < -0.39 is 0 Å². The van der Waals surface area contributed by atoms with Crippen molar-refractivity contribution in [1.82, 2.24) is 0 Å². The summed E-state index contributed by atoms with van der Waals surface area (Å²) < 4.78 is 0. The van der Waals surface area contributed by atoms with Crippen molar-refractivity contribution in [3.05, 3.63) is 0 Å². The van der Waals surface area contributed by atoms with Gasteiger partial charge in [0, 0.05) is 5.92 Å². The molecule has 0 aromatic heterocycles. The number of hydrogen-bond acceptors (Lipinski definition) is 1. The van der Waals surface area contributed by atoms with Gasteiger partial charge in [-0.1, -0.05) is 32.1 Å². The SMILES string of the molecule is CC(=O)C1CC1C1CCCCC1. The van der Waals surface area contributed by atoms with E-state index in [1.807, 2.05) is 0 Å². The highest BCUT2D eigenvalue weighted by molar-refractivity contribution is 5.81. The van der Waals surface area contributed by atoms with Gasteiger partial charge in [0.1, 0.15) is 5.78 Å². The lowest BCUT2D eigenvalue weighted by molar-refractivity contribution is -0.118. The molecular weight excluding hydrogens is 148 g/mol. The molecule has 1 heteroatoms. The van der Waals surface area contributed by atoms with Gasteiger partial charge in [-0.15, -0.1) is 0 Å². The maximum atomic E-state index is 11.1. The van der Waals surface area contributed by atoms with Crippen LogP contribution < -0.4 is 0 Å². The fraction of sp³-hybridized carbons (Fsp3) is 0.909. The first-order chi connectivity index (χ1) is 5.79. The average Bonchev–Trinajstić information content (AvgIpc) is 2.84. The summed E-state index contributed by atoms with van der Waals surface area (Å²) in [6.07, 6.45) is 8.24. The van der Waals surface area contributed by atoms with Crippen molar-refractivity contribution < 1.29 is 4.79 Å². The van der Waals surface area contributed by atoms with E-state index in [1.54, 1.807) is 6.92 Å². The summed E-state index contributed by atoms with van der Waals surface area (Å²) in [6.45, 7) is 1.76. The molecule has 0 bridgehead atoms. The third-order valence-electron chi connectivity index (χ3n) is 3.62. The number of rotatable bonds is 2. The Labute approximate surface area is 74.5 Å². The Morgan fingerprint density at radius 3 is 2.33 bits per heavy atom. The zero-order valence-corrected chi connectivity index (χ0v) is 7.88. The van der Waals surface area contributed by atoms with Gasteiger partial charge in [-0.05, 0) is 25.2 Å². The van der Waals surface area contributed by atoms with E-state index in [0.717, 1.165) is 11.8 Å². The number of ketones is 1. The summed E-state index contributed by atoms with van der Waals surface area (Å²) in [4.78, 5) is 11.1. The zero-order chi connectivity index (χ0) is 8.55. The lowest BCUT2D eigenvalue weighted by Gasteiger charge is -2.21. The Bertz CT molecular complexity index is 179. The Hall–Kier alpha value is -0.330. The number of Topliss-reactive ketones (excluding diaryl/α,β-unsaturated/α-hetero) is 1. The van der Waals surface area contributed by atoms with Gasteiger partial charge >= 0.3 is 0 Å². The van der Waals surface area contributed by atoms with Crippen molar-refractivity contribution in [3.8, 4) is 0 Å². The Balaban J connectivity index is 1.83. The fourth-order valence-corrected chi connectivity index (χ4v) is 2.77. The zero-order valence-electron chi connectivity index (χ0n) is 7.88. The number of hydrogen-bond donors (Lipinski definition) is 0. The highest BCUT2D eigenvalue weighted by Crippen LogP contribution is 2.49. The van der Waals surface area contributed by atoms with Crippen molar-refractivity contribution in [2.24, 2.45) is 17.8 Å². The number of carbonyl (C=O) groups excluding carboxylic acids is 1. The average molecular weight is 166 g/mol. The largest absolute Gasteiger partial charge is 0.300 e. The van der Waals surface area contributed by atoms with Crippen LogP contribution in [0, 0.1) is 17.8 Å². The molecule has 2 aliphatic rings. The lowest BCUT2D eigenvalue weighted by Crippen LogP contribution is -2.11. The fourth-order valence-electron chi connectivity index (χ4n) is 2.77. The third-order valence-corrected chi connectivity index (χ3v) is 3.62. The van der Waals surface area contributed by atoms with Gasteiger partial charge in [-0.25, -0.2) is 0 Å². The predicted octanol–water partition coefficient (Wildman–Crippen LogP) is 2.79. The molecule has 0 aromatic rings. The van der Waals surface area contributed by atoms with Crippen LogP contribution in [0.5, 0.6) is 0 Å². The topological polar surface area (TPSA) is 17.1 Å². The first kappa shape index (κ1) is 8.28. The summed E-state index contributed by atoms with van der Waals surface area (Å²) >= 11 is 0. The lowest BCUT2D eigenvalue weighted by atomic mass is 9.85. The minimum Gasteiger partial charge on any atom is -0.300 e.